The molecule has 1 heterocycles. The summed E-state index contributed by atoms with van der Waals surface area (Å²) in [5.74, 6) is 0.110. The van der Waals surface area contributed by atoms with Gasteiger partial charge in [0.1, 0.15) is 12.7 Å². The van der Waals surface area contributed by atoms with E-state index in [1.54, 1.807) is 0 Å². The molecule has 146 valence electrons. The molecule has 7 nitrogen and oxygen atoms in total. The predicted octanol–water partition coefficient (Wildman–Crippen LogP) is 3.56. The van der Waals surface area contributed by atoms with Crippen LogP contribution in [-0.4, -0.2) is 34.9 Å². The number of benzene rings is 2. The fourth-order valence-corrected chi connectivity index (χ4v) is 2.52. The number of nitrogens with one attached hydrogen (secondary N) is 1. The lowest BCUT2D eigenvalue weighted by Crippen LogP contribution is -2.16. The third kappa shape index (κ3) is 3.90. The maximum atomic E-state index is 13.1. The van der Waals surface area contributed by atoms with Crippen molar-refractivity contribution in [3.05, 3.63) is 60.2 Å². The number of carbonyl (C=O) groups is 1. The van der Waals surface area contributed by atoms with E-state index < -0.39 is 17.6 Å². The molecule has 28 heavy (non-hydrogen) atoms. The van der Waals surface area contributed by atoms with Gasteiger partial charge in [-0.25, -0.2) is 9.67 Å². The van der Waals surface area contributed by atoms with E-state index in [2.05, 4.69) is 15.4 Å². The lowest BCUT2D eigenvalue weighted by molar-refractivity contribution is -0.137. The standard InChI is InChI=1S/C18H15F3N4O3/c1-27-15-6-3-11(7-16(15)28-2)17(26)24-13-8-12(18(19,20)21)4-5-14(13)25-10-22-9-23-25/h3-10H,1-2H3,(H,24,26). The van der Waals surface area contributed by atoms with Crippen LogP contribution in [0.5, 0.6) is 11.5 Å². The molecule has 0 aliphatic rings. The van der Waals surface area contributed by atoms with E-state index in [-0.39, 0.29) is 16.9 Å². The zero-order valence-electron chi connectivity index (χ0n) is 14.8. The molecule has 0 aliphatic heterocycles. The Morgan fingerprint density at radius 3 is 2.43 bits per heavy atom. The molecule has 10 heteroatoms. The van der Waals surface area contributed by atoms with Crippen LogP contribution in [0.15, 0.2) is 49.1 Å². The van der Waals surface area contributed by atoms with Gasteiger partial charge >= 0.3 is 6.18 Å². The van der Waals surface area contributed by atoms with Gasteiger partial charge in [-0.05, 0) is 36.4 Å². The number of hydrogen-bond acceptors (Lipinski definition) is 5. The topological polar surface area (TPSA) is 78.3 Å². The van der Waals surface area contributed by atoms with Crippen molar-refractivity contribution in [2.45, 2.75) is 6.18 Å². The van der Waals surface area contributed by atoms with Crippen LogP contribution >= 0.6 is 0 Å². The highest BCUT2D eigenvalue weighted by molar-refractivity contribution is 6.05. The molecule has 0 fully saturated rings. The number of alkyl halides is 3. The van der Waals surface area contributed by atoms with Crippen LogP contribution in [0.1, 0.15) is 15.9 Å². The van der Waals surface area contributed by atoms with Gasteiger partial charge in [0.25, 0.3) is 5.91 Å². The molecule has 1 N–H and O–H groups in total. The minimum atomic E-state index is -4.57. The molecule has 0 bridgehead atoms. The lowest BCUT2D eigenvalue weighted by atomic mass is 10.1. The van der Waals surface area contributed by atoms with Gasteiger partial charge in [-0.3, -0.25) is 4.79 Å². The summed E-state index contributed by atoms with van der Waals surface area (Å²) in [6.45, 7) is 0. The van der Waals surface area contributed by atoms with Crippen molar-refractivity contribution in [3.63, 3.8) is 0 Å². The van der Waals surface area contributed by atoms with Gasteiger partial charge in [-0.1, -0.05) is 0 Å². The number of nitrogens with zero attached hydrogens (tertiary/aromatic N) is 3. The molecule has 1 amide bonds. The van der Waals surface area contributed by atoms with E-state index in [0.29, 0.717) is 11.5 Å². The Bertz CT molecular complexity index is 988. The molecular weight excluding hydrogens is 377 g/mol. The van der Waals surface area contributed by atoms with E-state index in [1.807, 2.05) is 0 Å². The Labute approximate surface area is 157 Å². The van der Waals surface area contributed by atoms with Crippen LogP contribution in [0.25, 0.3) is 5.69 Å². The van der Waals surface area contributed by atoms with Crippen molar-refractivity contribution >= 4 is 11.6 Å². The molecule has 0 saturated heterocycles. The third-order valence-corrected chi connectivity index (χ3v) is 3.88. The Hall–Kier alpha value is -3.56. The normalized spacial score (nSPS) is 11.2. The second kappa shape index (κ2) is 7.59. The van der Waals surface area contributed by atoms with Crippen molar-refractivity contribution in [1.29, 1.82) is 0 Å². The minimum Gasteiger partial charge on any atom is -0.493 e. The molecule has 2 aromatic carbocycles. The monoisotopic (exact) mass is 392 g/mol. The summed E-state index contributed by atoms with van der Waals surface area (Å²) in [5, 5.41) is 6.40. The molecular formula is C18H15F3N4O3. The van der Waals surface area contributed by atoms with Crippen LogP contribution in [0.3, 0.4) is 0 Å². The first-order valence-electron chi connectivity index (χ1n) is 7.93. The summed E-state index contributed by atoms with van der Waals surface area (Å²) in [6.07, 6.45) is -2.02. The molecule has 0 radical (unpaired) electrons. The number of amides is 1. The average Bonchev–Trinajstić information content (AvgIpc) is 3.21. The zero-order valence-corrected chi connectivity index (χ0v) is 14.8. The number of carbonyl (C=O) groups excluding carboxylic acids is 1. The molecule has 0 saturated carbocycles. The number of anilines is 1. The van der Waals surface area contributed by atoms with E-state index in [9.17, 15) is 18.0 Å². The van der Waals surface area contributed by atoms with Gasteiger partial charge in [-0.2, -0.15) is 18.3 Å². The van der Waals surface area contributed by atoms with Gasteiger partial charge in [-0.15, -0.1) is 0 Å². The average molecular weight is 392 g/mol. The molecule has 0 unspecified atom stereocenters. The summed E-state index contributed by atoms with van der Waals surface area (Å²) in [4.78, 5) is 16.4. The van der Waals surface area contributed by atoms with Gasteiger partial charge in [0.2, 0.25) is 0 Å². The molecule has 3 rings (SSSR count). The van der Waals surface area contributed by atoms with E-state index in [0.717, 1.165) is 12.1 Å². The lowest BCUT2D eigenvalue weighted by Gasteiger charge is -2.15. The number of methoxy groups -OCH3 is 2. The highest BCUT2D eigenvalue weighted by Crippen LogP contribution is 2.34. The van der Waals surface area contributed by atoms with Crippen molar-refractivity contribution < 1.29 is 27.4 Å². The molecule has 3 aromatic rings. The Balaban J connectivity index is 1.99. The fourth-order valence-electron chi connectivity index (χ4n) is 2.52. The number of halogens is 3. The third-order valence-electron chi connectivity index (χ3n) is 3.88. The van der Waals surface area contributed by atoms with Crippen LogP contribution in [0.4, 0.5) is 18.9 Å². The van der Waals surface area contributed by atoms with Gasteiger partial charge in [0.05, 0.1) is 31.2 Å². The molecule has 0 spiro atoms. The Morgan fingerprint density at radius 1 is 1.07 bits per heavy atom. The number of ether oxygens (including phenoxy) is 2. The highest BCUT2D eigenvalue weighted by Gasteiger charge is 2.31. The van der Waals surface area contributed by atoms with Gasteiger partial charge in [0.15, 0.2) is 11.5 Å². The summed E-state index contributed by atoms with van der Waals surface area (Å²) < 4.78 is 50.8. The summed E-state index contributed by atoms with van der Waals surface area (Å²) in [5.41, 5.74) is -0.557. The largest absolute Gasteiger partial charge is 0.493 e. The summed E-state index contributed by atoms with van der Waals surface area (Å²) >= 11 is 0. The van der Waals surface area contributed by atoms with Crippen molar-refractivity contribution in [3.8, 4) is 17.2 Å². The van der Waals surface area contributed by atoms with Crippen molar-refractivity contribution in [1.82, 2.24) is 14.8 Å². The quantitative estimate of drug-likeness (QED) is 0.719. The first-order chi connectivity index (χ1) is 13.3. The van der Waals surface area contributed by atoms with Crippen LogP contribution in [0, 0.1) is 0 Å². The van der Waals surface area contributed by atoms with E-state index in [4.69, 9.17) is 9.47 Å². The van der Waals surface area contributed by atoms with Crippen LogP contribution < -0.4 is 14.8 Å². The van der Waals surface area contributed by atoms with E-state index >= 15 is 0 Å². The van der Waals surface area contributed by atoms with Crippen LogP contribution in [0.2, 0.25) is 0 Å². The summed E-state index contributed by atoms with van der Waals surface area (Å²) in [7, 11) is 2.86. The number of rotatable bonds is 5. The predicted molar refractivity (Wildman–Crippen MR) is 93.9 cm³/mol. The Kier molecular flexibility index (Phi) is 5.21. The Morgan fingerprint density at radius 2 is 1.82 bits per heavy atom. The smallest absolute Gasteiger partial charge is 0.416 e. The van der Waals surface area contributed by atoms with Crippen molar-refractivity contribution in [2.75, 3.05) is 19.5 Å². The minimum absolute atomic E-state index is 0.0693. The molecule has 0 atom stereocenters. The highest BCUT2D eigenvalue weighted by atomic mass is 19.4. The molecule has 1 aromatic heterocycles. The van der Waals surface area contributed by atoms with Crippen molar-refractivity contribution in [2.24, 2.45) is 0 Å². The first kappa shape index (κ1) is 19.2. The summed E-state index contributed by atoms with van der Waals surface area (Å²) in [6, 6.07) is 7.38. The van der Waals surface area contributed by atoms with Gasteiger partial charge < -0.3 is 14.8 Å². The first-order valence-corrected chi connectivity index (χ1v) is 7.93. The van der Waals surface area contributed by atoms with Crippen LogP contribution in [-0.2, 0) is 6.18 Å². The maximum absolute atomic E-state index is 13.1. The molecule has 0 aliphatic carbocycles. The van der Waals surface area contributed by atoms with E-state index in [1.165, 1.54) is 55.8 Å². The SMILES string of the molecule is COc1ccc(C(=O)Nc2cc(C(F)(F)F)ccc2-n2cncn2)cc1OC. The fraction of sp³-hybridized carbons (Fsp3) is 0.167. The van der Waals surface area contributed by atoms with Gasteiger partial charge in [0, 0.05) is 5.56 Å². The number of aromatic nitrogens is 3. The second-order valence-corrected chi connectivity index (χ2v) is 5.59. The zero-order chi connectivity index (χ0) is 20.3. The second-order valence-electron chi connectivity index (χ2n) is 5.59. The maximum Gasteiger partial charge on any atom is 0.416 e. The number of hydrogen-bond donors (Lipinski definition) is 1.